The summed E-state index contributed by atoms with van der Waals surface area (Å²) in [5.74, 6) is 0. The van der Waals surface area contributed by atoms with Gasteiger partial charge in [0.05, 0.1) is 12.7 Å². The smallest absolute Gasteiger partial charge is 0.0576 e. The molecule has 1 saturated carbocycles. The predicted molar refractivity (Wildman–Crippen MR) is 56.3 cm³/mol. The molecule has 0 unspecified atom stereocenters. The molecule has 1 aromatic rings. The van der Waals surface area contributed by atoms with Gasteiger partial charge in [-0.2, -0.15) is 0 Å². The highest BCUT2D eigenvalue weighted by Gasteiger charge is 2.42. The molecule has 1 aliphatic carbocycles. The number of hydrogen-bond acceptors (Lipinski definition) is 1. The second-order valence-electron chi connectivity index (χ2n) is 4.66. The van der Waals surface area contributed by atoms with Crippen molar-refractivity contribution < 1.29 is 4.74 Å². The van der Waals surface area contributed by atoms with Gasteiger partial charge in [0.25, 0.3) is 0 Å². The van der Waals surface area contributed by atoms with E-state index in [0.29, 0.717) is 11.5 Å². The van der Waals surface area contributed by atoms with Crippen molar-refractivity contribution in [2.75, 3.05) is 6.61 Å². The van der Waals surface area contributed by atoms with Crippen LogP contribution in [-0.4, -0.2) is 12.7 Å². The Bertz CT molecular complexity index is 295. The summed E-state index contributed by atoms with van der Waals surface area (Å²) in [7, 11) is 0. The largest absolute Gasteiger partial charge is 0.377 e. The van der Waals surface area contributed by atoms with Crippen LogP contribution in [0.15, 0.2) is 30.3 Å². The molecule has 3 aliphatic rings. The van der Waals surface area contributed by atoms with E-state index < -0.39 is 0 Å². The first-order valence-electron chi connectivity index (χ1n) is 5.56. The maximum absolute atomic E-state index is 5.83. The molecular formula is C13H16O. The average Bonchev–Trinajstić information content (AvgIpc) is 2.33. The van der Waals surface area contributed by atoms with Crippen LogP contribution in [0.1, 0.15) is 31.2 Å². The third-order valence-corrected chi connectivity index (χ3v) is 3.87. The van der Waals surface area contributed by atoms with Gasteiger partial charge in [0.15, 0.2) is 0 Å². The highest BCUT2D eigenvalue weighted by Crippen LogP contribution is 2.44. The van der Waals surface area contributed by atoms with Crippen LogP contribution in [0.5, 0.6) is 0 Å². The zero-order chi connectivity index (χ0) is 9.43. The quantitative estimate of drug-likeness (QED) is 0.658. The first-order valence-corrected chi connectivity index (χ1v) is 5.56. The second kappa shape index (κ2) is 3.09. The van der Waals surface area contributed by atoms with Crippen molar-refractivity contribution in [3.05, 3.63) is 35.9 Å². The molecule has 2 saturated heterocycles. The van der Waals surface area contributed by atoms with Gasteiger partial charge in [-0.05, 0) is 31.2 Å². The number of ether oxygens (including phenoxy) is 1. The van der Waals surface area contributed by atoms with Gasteiger partial charge in [0, 0.05) is 5.41 Å². The van der Waals surface area contributed by atoms with Crippen molar-refractivity contribution >= 4 is 0 Å². The molecular weight excluding hydrogens is 172 g/mol. The molecule has 0 atom stereocenters. The van der Waals surface area contributed by atoms with Crippen LogP contribution in [0.4, 0.5) is 0 Å². The molecule has 0 spiro atoms. The lowest BCUT2D eigenvalue weighted by Gasteiger charge is -2.46. The van der Waals surface area contributed by atoms with Crippen molar-refractivity contribution in [3.63, 3.8) is 0 Å². The molecule has 2 bridgehead atoms. The van der Waals surface area contributed by atoms with E-state index in [4.69, 9.17) is 4.74 Å². The molecule has 0 N–H and O–H groups in total. The Morgan fingerprint density at radius 3 is 2.36 bits per heavy atom. The van der Waals surface area contributed by atoms with E-state index in [-0.39, 0.29) is 0 Å². The lowest BCUT2D eigenvalue weighted by atomic mass is 9.67. The van der Waals surface area contributed by atoms with E-state index in [1.54, 1.807) is 0 Å². The van der Waals surface area contributed by atoms with E-state index >= 15 is 0 Å². The number of benzene rings is 1. The molecule has 0 aromatic heterocycles. The van der Waals surface area contributed by atoms with Crippen LogP contribution in [0.3, 0.4) is 0 Å². The first kappa shape index (κ1) is 8.49. The van der Waals surface area contributed by atoms with Gasteiger partial charge in [-0.3, -0.25) is 0 Å². The molecule has 0 amide bonds. The van der Waals surface area contributed by atoms with Crippen LogP contribution in [0.2, 0.25) is 0 Å². The minimum absolute atomic E-state index is 0.357. The fourth-order valence-electron chi connectivity index (χ4n) is 2.90. The Morgan fingerprint density at radius 1 is 1.07 bits per heavy atom. The van der Waals surface area contributed by atoms with Crippen LogP contribution >= 0.6 is 0 Å². The van der Waals surface area contributed by atoms with Crippen molar-refractivity contribution in [2.45, 2.75) is 37.2 Å². The standard InChI is InChI=1S/C13H16O/c1-2-4-11(5-3-1)13-8-6-12(7-9-13)14-10-13/h1-5,12H,6-10H2. The highest BCUT2D eigenvalue weighted by molar-refractivity contribution is 5.27. The lowest BCUT2D eigenvalue weighted by Crippen LogP contribution is -2.45. The zero-order valence-electron chi connectivity index (χ0n) is 8.41. The highest BCUT2D eigenvalue weighted by atomic mass is 16.5. The average molecular weight is 188 g/mol. The van der Waals surface area contributed by atoms with E-state index in [1.807, 2.05) is 0 Å². The number of fused-ring (bicyclic) bond motifs is 3. The Labute approximate surface area is 85.1 Å². The maximum Gasteiger partial charge on any atom is 0.0576 e. The molecule has 2 aliphatic heterocycles. The van der Waals surface area contributed by atoms with Crippen LogP contribution in [0.25, 0.3) is 0 Å². The van der Waals surface area contributed by atoms with Gasteiger partial charge in [0.1, 0.15) is 0 Å². The topological polar surface area (TPSA) is 9.23 Å². The second-order valence-corrected chi connectivity index (χ2v) is 4.66. The van der Waals surface area contributed by atoms with E-state index in [0.717, 1.165) is 6.61 Å². The van der Waals surface area contributed by atoms with Crippen molar-refractivity contribution in [1.29, 1.82) is 0 Å². The van der Waals surface area contributed by atoms with Crippen molar-refractivity contribution in [2.24, 2.45) is 0 Å². The summed E-state index contributed by atoms with van der Waals surface area (Å²) >= 11 is 0. The van der Waals surface area contributed by atoms with Crippen LogP contribution in [-0.2, 0) is 10.2 Å². The molecule has 0 radical (unpaired) electrons. The molecule has 74 valence electrons. The fraction of sp³-hybridized carbons (Fsp3) is 0.538. The van der Waals surface area contributed by atoms with E-state index in [1.165, 1.54) is 31.2 Å². The first-order chi connectivity index (χ1) is 6.89. The maximum atomic E-state index is 5.83. The summed E-state index contributed by atoms with van der Waals surface area (Å²) in [6.07, 6.45) is 5.73. The van der Waals surface area contributed by atoms with Gasteiger partial charge in [0.2, 0.25) is 0 Å². The van der Waals surface area contributed by atoms with Gasteiger partial charge >= 0.3 is 0 Å². The summed E-state index contributed by atoms with van der Waals surface area (Å²) < 4.78 is 5.83. The third kappa shape index (κ3) is 1.19. The summed E-state index contributed by atoms with van der Waals surface area (Å²) in [5.41, 5.74) is 1.84. The van der Waals surface area contributed by atoms with Crippen LogP contribution in [0, 0.1) is 0 Å². The Balaban J connectivity index is 1.96. The summed E-state index contributed by atoms with van der Waals surface area (Å²) in [5, 5.41) is 0. The van der Waals surface area contributed by atoms with Gasteiger partial charge in [-0.25, -0.2) is 0 Å². The van der Waals surface area contributed by atoms with E-state index in [2.05, 4.69) is 30.3 Å². The Kier molecular flexibility index (Phi) is 1.88. The molecule has 3 fully saturated rings. The van der Waals surface area contributed by atoms with Gasteiger partial charge in [-0.15, -0.1) is 0 Å². The predicted octanol–water partition coefficient (Wildman–Crippen LogP) is 2.90. The lowest BCUT2D eigenvalue weighted by molar-refractivity contribution is -0.0792. The zero-order valence-corrected chi connectivity index (χ0v) is 8.41. The fourth-order valence-corrected chi connectivity index (χ4v) is 2.90. The Hall–Kier alpha value is -0.820. The van der Waals surface area contributed by atoms with Crippen molar-refractivity contribution in [1.82, 2.24) is 0 Å². The van der Waals surface area contributed by atoms with Crippen molar-refractivity contribution in [3.8, 4) is 0 Å². The normalized spacial score (nSPS) is 35.9. The summed E-state index contributed by atoms with van der Waals surface area (Å²) in [6, 6.07) is 10.9. The molecule has 4 rings (SSSR count). The van der Waals surface area contributed by atoms with E-state index in [9.17, 15) is 0 Å². The molecule has 2 heterocycles. The molecule has 14 heavy (non-hydrogen) atoms. The van der Waals surface area contributed by atoms with Gasteiger partial charge < -0.3 is 4.74 Å². The van der Waals surface area contributed by atoms with Gasteiger partial charge in [-0.1, -0.05) is 30.3 Å². The minimum atomic E-state index is 0.357. The minimum Gasteiger partial charge on any atom is -0.377 e. The van der Waals surface area contributed by atoms with Crippen LogP contribution < -0.4 is 0 Å². The monoisotopic (exact) mass is 188 g/mol. The summed E-state index contributed by atoms with van der Waals surface area (Å²) in [4.78, 5) is 0. The number of hydrogen-bond donors (Lipinski definition) is 0. The Morgan fingerprint density at radius 2 is 1.79 bits per heavy atom. The SMILES string of the molecule is c1ccc(C23CCC(CC2)OC3)cc1. The summed E-state index contributed by atoms with van der Waals surface area (Å²) in [6.45, 7) is 0.946. The molecule has 1 heteroatoms. The molecule has 1 aromatic carbocycles. The third-order valence-electron chi connectivity index (χ3n) is 3.87. The number of rotatable bonds is 1. The molecule has 1 nitrogen and oxygen atoms in total.